The van der Waals surface area contributed by atoms with E-state index < -0.39 is 11.9 Å². The van der Waals surface area contributed by atoms with Crippen LogP contribution >= 0.6 is 23.2 Å². The highest BCUT2D eigenvalue weighted by Crippen LogP contribution is 2.25. The van der Waals surface area contributed by atoms with Gasteiger partial charge in [0.25, 0.3) is 5.91 Å². The molecule has 0 atom stereocenters. The molecule has 0 aliphatic rings. The number of rotatable bonds is 4. The van der Waals surface area contributed by atoms with Crippen molar-refractivity contribution < 1.29 is 19.1 Å². The number of carbonyl (C=O) groups excluding carboxylic acids is 1. The van der Waals surface area contributed by atoms with Crippen molar-refractivity contribution in [3.05, 3.63) is 57.0 Å². The normalized spacial score (nSPS) is 10.4. The Kier molecular flexibility index (Phi) is 4.55. The number of aryl methyl sites for hydroxylation is 1. The maximum Gasteiger partial charge on any atom is 0.339 e. The van der Waals surface area contributed by atoms with Crippen molar-refractivity contribution in [2.75, 3.05) is 0 Å². The first kappa shape index (κ1) is 15.4. The molecule has 2 aromatic rings. The largest absolute Gasteiger partial charge is 0.478 e. The van der Waals surface area contributed by atoms with Crippen molar-refractivity contribution in [3.8, 4) is 0 Å². The highest BCUT2D eigenvalue weighted by molar-refractivity contribution is 6.43. The molecule has 2 rings (SSSR count). The summed E-state index contributed by atoms with van der Waals surface area (Å²) >= 11 is 11.8. The van der Waals surface area contributed by atoms with E-state index in [0.29, 0.717) is 5.76 Å². The molecule has 0 saturated carbocycles. The van der Waals surface area contributed by atoms with Gasteiger partial charge in [0.2, 0.25) is 0 Å². The van der Waals surface area contributed by atoms with E-state index in [1.54, 1.807) is 25.1 Å². The molecule has 0 unspecified atom stereocenters. The first-order valence-electron chi connectivity index (χ1n) is 5.95. The Morgan fingerprint density at radius 2 is 2.00 bits per heavy atom. The van der Waals surface area contributed by atoms with Gasteiger partial charge in [-0.3, -0.25) is 4.79 Å². The van der Waals surface area contributed by atoms with Gasteiger partial charge in [0, 0.05) is 0 Å². The lowest BCUT2D eigenvalue weighted by molar-refractivity contribution is 0.0694. The lowest BCUT2D eigenvalue weighted by Gasteiger charge is -2.06. The fraction of sp³-hybridized carbons (Fsp3) is 0.143. The van der Waals surface area contributed by atoms with Crippen molar-refractivity contribution >= 4 is 35.1 Å². The second-order valence-corrected chi connectivity index (χ2v) is 5.06. The Morgan fingerprint density at radius 1 is 1.29 bits per heavy atom. The fourth-order valence-corrected chi connectivity index (χ4v) is 2.17. The predicted octanol–water partition coefficient (Wildman–Crippen LogP) is 3.52. The van der Waals surface area contributed by atoms with Crippen molar-refractivity contribution in [2.45, 2.75) is 13.5 Å². The van der Waals surface area contributed by atoms with Crippen molar-refractivity contribution in [1.82, 2.24) is 5.32 Å². The van der Waals surface area contributed by atoms with E-state index in [1.807, 2.05) is 0 Å². The molecule has 2 N–H and O–H groups in total. The van der Waals surface area contributed by atoms with Gasteiger partial charge in [0.05, 0.1) is 22.2 Å². The molecule has 0 saturated heterocycles. The summed E-state index contributed by atoms with van der Waals surface area (Å²) in [4.78, 5) is 22.9. The molecule has 0 aliphatic heterocycles. The van der Waals surface area contributed by atoms with E-state index in [0.717, 1.165) is 0 Å². The molecule has 0 fully saturated rings. The minimum Gasteiger partial charge on any atom is -0.478 e. The monoisotopic (exact) mass is 327 g/mol. The molecule has 1 amide bonds. The molecular weight excluding hydrogens is 317 g/mol. The Labute approximate surface area is 130 Å². The average molecular weight is 328 g/mol. The van der Waals surface area contributed by atoms with Gasteiger partial charge in [-0.05, 0) is 25.1 Å². The Bertz CT molecular complexity index is 709. The van der Waals surface area contributed by atoms with Crippen molar-refractivity contribution in [3.63, 3.8) is 0 Å². The van der Waals surface area contributed by atoms with E-state index in [4.69, 9.17) is 32.7 Å². The molecule has 110 valence electrons. The minimum atomic E-state index is -1.08. The van der Waals surface area contributed by atoms with Crippen LogP contribution < -0.4 is 5.32 Å². The molecule has 1 aromatic carbocycles. The summed E-state index contributed by atoms with van der Waals surface area (Å²) in [7, 11) is 0. The third kappa shape index (κ3) is 3.37. The third-order valence-corrected chi connectivity index (χ3v) is 3.64. The number of nitrogens with one attached hydrogen (secondary N) is 1. The van der Waals surface area contributed by atoms with Gasteiger partial charge in [-0.2, -0.15) is 0 Å². The first-order valence-corrected chi connectivity index (χ1v) is 6.70. The van der Waals surface area contributed by atoms with Gasteiger partial charge in [-0.1, -0.05) is 29.3 Å². The summed E-state index contributed by atoms with van der Waals surface area (Å²) in [6.45, 7) is 1.60. The second-order valence-electron chi connectivity index (χ2n) is 4.27. The highest BCUT2D eigenvalue weighted by Gasteiger charge is 2.16. The zero-order valence-corrected chi connectivity index (χ0v) is 12.5. The first-order chi connectivity index (χ1) is 9.90. The molecule has 0 bridgehead atoms. The SMILES string of the molecule is Cc1oc(CNC(=O)c2cccc(Cl)c2Cl)cc1C(=O)O. The number of benzene rings is 1. The molecule has 21 heavy (non-hydrogen) atoms. The quantitative estimate of drug-likeness (QED) is 0.900. The molecular formula is C14H11Cl2NO4. The number of carboxylic acid groups (broad SMARTS) is 1. The standard InChI is InChI=1S/C14H11Cl2NO4/c1-7-10(14(19)20)5-8(21-7)6-17-13(18)9-3-2-4-11(15)12(9)16/h2-5H,6H2,1H3,(H,17,18)(H,19,20). The number of carboxylic acids is 1. The molecule has 1 heterocycles. The summed E-state index contributed by atoms with van der Waals surface area (Å²) in [6.07, 6.45) is 0. The van der Waals surface area contributed by atoms with Crippen LogP contribution in [0.3, 0.4) is 0 Å². The van der Waals surface area contributed by atoms with Crippen LogP contribution in [0.15, 0.2) is 28.7 Å². The van der Waals surface area contributed by atoms with E-state index in [9.17, 15) is 9.59 Å². The third-order valence-electron chi connectivity index (χ3n) is 2.82. The van der Waals surface area contributed by atoms with Crippen LogP contribution in [0.5, 0.6) is 0 Å². The summed E-state index contributed by atoms with van der Waals surface area (Å²) in [5.41, 5.74) is 0.311. The number of halogens is 2. The zero-order chi connectivity index (χ0) is 15.6. The molecule has 0 radical (unpaired) electrons. The lowest BCUT2D eigenvalue weighted by Crippen LogP contribution is -2.22. The van der Waals surface area contributed by atoms with Gasteiger partial charge in [-0.25, -0.2) is 4.79 Å². The number of amides is 1. The van der Waals surface area contributed by atoms with E-state index in [-0.39, 0.29) is 33.5 Å². The van der Waals surface area contributed by atoms with Gasteiger partial charge < -0.3 is 14.8 Å². The lowest BCUT2D eigenvalue weighted by atomic mass is 10.2. The number of aromatic carboxylic acids is 1. The van der Waals surface area contributed by atoms with Crippen molar-refractivity contribution in [1.29, 1.82) is 0 Å². The van der Waals surface area contributed by atoms with Crippen LogP contribution in [0.25, 0.3) is 0 Å². The van der Waals surface area contributed by atoms with Crippen LogP contribution in [-0.4, -0.2) is 17.0 Å². The molecule has 0 aliphatic carbocycles. The zero-order valence-electron chi connectivity index (χ0n) is 10.9. The van der Waals surface area contributed by atoms with Crippen LogP contribution in [0.4, 0.5) is 0 Å². The van der Waals surface area contributed by atoms with Gasteiger partial charge >= 0.3 is 5.97 Å². The molecule has 5 nitrogen and oxygen atoms in total. The second kappa shape index (κ2) is 6.20. The predicted molar refractivity (Wildman–Crippen MR) is 78.0 cm³/mol. The van der Waals surface area contributed by atoms with Crippen LogP contribution in [0, 0.1) is 6.92 Å². The highest BCUT2D eigenvalue weighted by atomic mass is 35.5. The topological polar surface area (TPSA) is 79.5 Å². The smallest absolute Gasteiger partial charge is 0.339 e. The van der Waals surface area contributed by atoms with Gasteiger partial charge in [-0.15, -0.1) is 0 Å². The number of hydrogen-bond acceptors (Lipinski definition) is 3. The number of furan rings is 1. The molecule has 7 heteroatoms. The minimum absolute atomic E-state index is 0.0514. The summed E-state index contributed by atoms with van der Waals surface area (Å²) in [6, 6.07) is 6.11. The van der Waals surface area contributed by atoms with E-state index in [1.165, 1.54) is 6.07 Å². The summed E-state index contributed by atoms with van der Waals surface area (Å²) < 4.78 is 5.26. The maximum absolute atomic E-state index is 12.0. The summed E-state index contributed by atoms with van der Waals surface area (Å²) in [5.74, 6) is -0.871. The fourth-order valence-electron chi connectivity index (χ4n) is 1.78. The van der Waals surface area contributed by atoms with Crippen LogP contribution in [0.1, 0.15) is 32.2 Å². The maximum atomic E-state index is 12.0. The Hall–Kier alpha value is -1.98. The average Bonchev–Trinajstić information content (AvgIpc) is 2.80. The number of hydrogen-bond donors (Lipinski definition) is 2. The van der Waals surface area contributed by atoms with E-state index >= 15 is 0 Å². The van der Waals surface area contributed by atoms with Crippen LogP contribution in [0.2, 0.25) is 10.0 Å². The Morgan fingerprint density at radius 3 is 2.62 bits per heavy atom. The Balaban J connectivity index is 2.09. The van der Waals surface area contributed by atoms with Crippen molar-refractivity contribution in [2.24, 2.45) is 0 Å². The van der Waals surface area contributed by atoms with Gasteiger partial charge in [0.15, 0.2) is 0 Å². The number of carbonyl (C=O) groups is 2. The molecule has 0 spiro atoms. The molecule has 1 aromatic heterocycles. The van der Waals surface area contributed by atoms with Crippen LogP contribution in [-0.2, 0) is 6.54 Å². The summed E-state index contributed by atoms with van der Waals surface area (Å²) in [5, 5.41) is 12.0. The van der Waals surface area contributed by atoms with Gasteiger partial charge in [0.1, 0.15) is 17.1 Å². The van der Waals surface area contributed by atoms with E-state index in [2.05, 4.69) is 5.32 Å².